The van der Waals surface area contributed by atoms with E-state index < -0.39 is 0 Å². The lowest BCUT2D eigenvalue weighted by atomic mass is 10.6. The van der Waals surface area contributed by atoms with Crippen molar-refractivity contribution in [3.8, 4) is 0 Å². The van der Waals surface area contributed by atoms with E-state index in [1.54, 1.807) is 6.08 Å². The fourth-order valence-corrected chi connectivity index (χ4v) is 0.437. The normalized spacial score (nSPS) is 21.2. The van der Waals surface area contributed by atoms with Gasteiger partial charge in [0, 0.05) is 11.6 Å². The van der Waals surface area contributed by atoms with Crippen molar-refractivity contribution in [2.45, 2.75) is 0 Å². The Morgan fingerprint density at radius 3 is 3.00 bits per heavy atom. The minimum Gasteiger partial charge on any atom is -0.299 e. The third-order valence-corrected chi connectivity index (χ3v) is 0.831. The fourth-order valence-electron chi connectivity index (χ4n) is 0.316. The first kappa shape index (κ1) is 4.16. The molecule has 2 heteroatoms. The molecule has 0 aromatic rings. The average molecular weight is 102 g/mol. The molecule has 1 N–H and O–H groups in total. The molecule has 1 aliphatic rings. The molecule has 1 rings (SSSR count). The molecule has 6 heavy (non-hydrogen) atoms. The summed E-state index contributed by atoms with van der Waals surface area (Å²) in [6.45, 7) is 3.48. The van der Waals surface area contributed by atoms with E-state index in [0.29, 0.717) is 0 Å². The Labute approximate surface area is 42.0 Å². The first-order chi connectivity index (χ1) is 2.89. The highest BCUT2D eigenvalue weighted by Crippen LogP contribution is 2.04. The zero-order valence-corrected chi connectivity index (χ0v) is 3.92. The number of hydrogen-bond acceptors (Lipinski definition) is 1. The predicted octanol–water partition coefficient (Wildman–Crippen LogP) is 0.751. The Hall–Kier alpha value is -0.0100. The van der Waals surface area contributed by atoms with Crippen LogP contribution in [0.1, 0.15) is 0 Å². The van der Waals surface area contributed by atoms with Crippen LogP contribution in [0.25, 0.3) is 0 Å². The average Bonchev–Trinajstić information content (AvgIpc) is 1.86. The summed E-state index contributed by atoms with van der Waals surface area (Å²) in [6, 6.07) is 0. The van der Waals surface area contributed by atoms with Crippen molar-refractivity contribution in [2.75, 3.05) is 6.54 Å². The van der Waals surface area contributed by atoms with Crippen LogP contribution in [0.3, 0.4) is 0 Å². The maximum absolute atomic E-state index is 5.45. The predicted molar refractivity (Wildman–Crippen MR) is 25.2 cm³/mol. The Balaban J connectivity index is 2.45. The Morgan fingerprint density at radius 1 is 2.00 bits per heavy atom. The summed E-state index contributed by atoms with van der Waals surface area (Å²) in [5.74, 6) is 0. The maximum Gasteiger partial charge on any atom is 0.0870 e. The minimum atomic E-state index is 0.752. The van der Waals surface area contributed by atoms with Gasteiger partial charge in [0.15, 0.2) is 0 Å². The number of rotatable bonds is 0. The highest BCUT2D eigenvalue weighted by atomic mass is 35.5. The molecule has 0 bridgehead atoms. The maximum atomic E-state index is 5.45. The van der Waals surface area contributed by atoms with Crippen molar-refractivity contribution in [3.05, 3.63) is 17.7 Å². The molecule has 0 unspecified atom stereocenters. The quantitative estimate of drug-likeness (QED) is 0.475. The number of halogens is 1. The van der Waals surface area contributed by atoms with Crippen LogP contribution in [0.4, 0.5) is 0 Å². The van der Waals surface area contributed by atoms with Crippen LogP contribution < -0.4 is 5.32 Å². The largest absolute Gasteiger partial charge is 0.299 e. The smallest absolute Gasteiger partial charge is 0.0870 e. The van der Waals surface area contributed by atoms with Crippen LogP contribution >= 0.6 is 11.6 Å². The summed E-state index contributed by atoms with van der Waals surface area (Å²) in [7, 11) is 0. The van der Waals surface area contributed by atoms with Crippen LogP contribution in [0.5, 0.6) is 0 Å². The Bertz CT molecular complexity index is 77.6. The molecule has 0 amide bonds. The van der Waals surface area contributed by atoms with Gasteiger partial charge in [-0.25, -0.2) is 0 Å². The molecule has 0 aromatic carbocycles. The summed E-state index contributed by atoms with van der Waals surface area (Å²) in [5, 5.41) is 3.63. The van der Waals surface area contributed by atoms with Gasteiger partial charge in [-0.3, -0.25) is 5.32 Å². The van der Waals surface area contributed by atoms with Crippen LogP contribution in [-0.2, 0) is 0 Å². The van der Waals surface area contributed by atoms with Gasteiger partial charge in [0.2, 0.25) is 0 Å². The van der Waals surface area contributed by atoms with Gasteiger partial charge in [-0.1, -0.05) is 11.6 Å². The lowest BCUT2D eigenvalue weighted by molar-refractivity contribution is 0.970. The van der Waals surface area contributed by atoms with Gasteiger partial charge in [0.1, 0.15) is 0 Å². The van der Waals surface area contributed by atoms with Crippen molar-refractivity contribution >= 4 is 11.6 Å². The molecule has 0 fully saturated rings. The third kappa shape index (κ3) is 0.730. The van der Waals surface area contributed by atoms with E-state index in [2.05, 4.69) is 11.9 Å². The van der Waals surface area contributed by atoms with E-state index in [-0.39, 0.29) is 0 Å². The second kappa shape index (κ2) is 1.63. The van der Waals surface area contributed by atoms with Crippen molar-refractivity contribution in [2.24, 2.45) is 0 Å². The molecule has 0 saturated carbocycles. The monoisotopic (exact) mass is 101 g/mol. The molecule has 0 aliphatic carbocycles. The molecule has 0 spiro atoms. The van der Waals surface area contributed by atoms with Gasteiger partial charge >= 0.3 is 0 Å². The Morgan fingerprint density at radius 2 is 2.83 bits per heavy atom. The van der Waals surface area contributed by atoms with E-state index in [4.69, 9.17) is 11.6 Å². The van der Waals surface area contributed by atoms with Gasteiger partial charge in [0.25, 0.3) is 0 Å². The van der Waals surface area contributed by atoms with Gasteiger partial charge in [-0.15, -0.1) is 0 Å². The van der Waals surface area contributed by atoms with Crippen molar-refractivity contribution in [1.29, 1.82) is 0 Å². The first-order valence-corrected chi connectivity index (χ1v) is 2.10. The van der Waals surface area contributed by atoms with E-state index in [9.17, 15) is 0 Å². The molecule has 1 aliphatic heterocycles. The summed E-state index contributed by atoms with van der Waals surface area (Å²) >= 11 is 5.45. The third-order valence-electron chi connectivity index (χ3n) is 0.588. The standard InChI is InChI=1S/C4H4ClN/c5-4-1-2-6-3-4/h1,6H,3H2. The SMILES string of the molecule is ClC1=C[C]NC1. The summed E-state index contributed by atoms with van der Waals surface area (Å²) in [6.07, 6.45) is 1.72. The molecular formula is C4H4ClN. The molecule has 2 radical (unpaired) electrons. The number of nitrogens with one attached hydrogen (secondary N) is 1. The van der Waals surface area contributed by atoms with Crippen molar-refractivity contribution in [3.63, 3.8) is 0 Å². The topological polar surface area (TPSA) is 12.0 Å². The molecular weight excluding hydrogens is 97.5 g/mol. The molecule has 0 saturated heterocycles. The van der Waals surface area contributed by atoms with Gasteiger partial charge < -0.3 is 0 Å². The summed E-state index contributed by atoms with van der Waals surface area (Å²) in [5.41, 5.74) is 0. The highest BCUT2D eigenvalue weighted by molar-refractivity contribution is 6.30. The van der Waals surface area contributed by atoms with Crippen LogP contribution in [-0.4, -0.2) is 6.54 Å². The lowest BCUT2D eigenvalue weighted by Crippen LogP contribution is -2.01. The van der Waals surface area contributed by atoms with Crippen LogP contribution in [0, 0.1) is 6.54 Å². The van der Waals surface area contributed by atoms with Crippen LogP contribution in [0.15, 0.2) is 11.1 Å². The highest BCUT2D eigenvalue weighted by Gasteiger charge is 1.97. The van der Waals surface area contributed by atoms with Gasteiger partial charge in [0.05, 0.1) is 6.54 Å². The molecule has 0 atom stereocenters. The molecule has 0 aromatic heterocycles. The zero-order valence-electron chi connectivity index (χ0n) is 3.16. The zero-order chi connectivity index (χ0) is 4.41. The van der Waals surface area contributed by atoms with E-state index >= 15 is 0 Å². The molecule has 1 nitrogen and oxygen atoms in total. The second-order valence-corrected chi connectivity index (χ2v) is 1.57. The summed E-state index contributed by atoms with van der Waals surface area (Å²) in [4.78, 5) is 0. The lowest BCUT2D eigenvalue weighted by Gasteiger charge is -1.80. The summed E-state index contributed by atoms with van der Waals surface area (Å²) < 4.78 is 0. The van der Waals surface area contributed by atoms with Gasteiger partial charge in [-0.05, 0) is 6.08 Å². The second-order valence-electron chi connectivity index (χ2n) is 1.09. The minimum absolute atomic E-state index is 0.752. The van der Waals surface area contributed by atoms with Crippen molar-refractivity contribution in [1.82, 2.24) is 5.32 Å². The molecule has 1 heterocycles. The number of hydrogen-bond donors (Lipinski definition) is 1. The first-order valence-electron chi connectivity index (χ1n) is 1.72. The Kier molecular flexibility index (Phi) is 1.13. The van der Waals surface area contributed by atoms with Crippen LogP contribution in [0.2, 0.25) is 0 Å². The van der Waals surface area contributed by atoms with E-state index in [1.807, 2.05) is 0 Å². The van der Waals surface area contributed by atoms with Gasteiger partial charge in [-0.2, -0.15) is 0 Å². The fraction of sp³-hybridized carbons (Fsp3) is 0.250. The van der Waals surface area contributed by atoms with E-state index in [0.717, 1.165) is 11.6 Å². The van der Waals surface area contributed by atoms with E-state index in [1.165, 1.54) is 0 Å². The van der Waals surface area contributed by atoms with Crippen molar-refractivity contribution < 1.29 is 0 Å². The molecule has 32 valence electrons.